The fourth-order valence-corrected chi connectivity index (χ4v) is 3.36. The number of likely N-dealkylation sites (N-methyl/N-ethyl adjacent to an activating group) is 1. The number of nitrogens with zero attached hydrogens (tertiary/aromatic N) is 1. The third-order valence-corrected chi connectivity index (χ3v) is 4.46. The van der Waals surface area contributed by atoms with E-state index in [9.17, 15) is 18.5 Å². The maximum Gasteiger partial charge on any atom is 0.292 e. The minimum absolute atomic E-state index is 0.181. The second-order valence-electron chi connectivity index (χ2n) is 4.39. The molecule has 2 N–H and O–H groups in total. The van der Waals surface area contributed by atoms with E-state index in [1.54, 1.807) is 19.1 Å². The predicted molar refractivity (Wildman–Crippen MR) is 76.3 cm³/mol. The first-order valence-corrected chi connectivity index (χ1v) is 7.74. The number of aryl methyl sites for hydroxylation is 2. The van der Waals surface area contributed by atoms with Gasteiger partial charge in [0.25, 0.3) is 5.69 Å². The van der Waals surface area contributed by atoms with Gasteiger partial charge in [-0.3, -0.25) is 10.1 Å². The maximum absolute atomic E-state index is 12.3. The standard InChI is InChI=1S/C12H19N3O4S/c1-4-13-7-8-14-20(18,19)12-10(3)6-5-9(2)11(12)15(16)17/h5-6,13-14H,4,7-8H2,1-3H3. The molecule has 112 valence electrons. The molecule has 7 nitrogen and oxygen atoms in total. The van der Waals surface area contributed by atoms with Crippen LogP contribution in [0, 0.1) is 24.0 Å². The van der Waals surface area contributed by atoms with Crippen molar-refractivity contribution < 1.29 is 13.3 Å². The van der Waals surface area contributed by atoms with Crippen LogP contribution >= 0.6 is 0 Å². The molecule has 0 aliphatic heterocycles. The Labute approximate surface area is 118 Å². The quantitative estimate of drug-likeness (QED) is 0.446. The van der Waals surface area contributed by atoms with Crippen molar-refractivity contribution in [3.8, 4) is 0 Å². The molecule has 1 rings (SSSR count). The van der Waals surface area contributed by atoms with Crippen LogP contribution in [-0.2, 0) is 10.0 Å². The largest absolute Gasteiger partial charge is 0.316 e. The molecule has 0 atom stereocenters. The van der Waals surface area contributed by atoms with Gasteiger partial charge in [-0.15, -0.1) is 0 Å². The molecule has 0 bridgehead atoms. The van der Waals surface area contributed by atoms with Gasteiger partial charge in [0, 0.05) is 18.7 Å². The normalized spacial score (nSPS) is 11.6. The van der Waals surface area contributed by atoms with Crippen LogP contribution in [-0.4, -0.2) is 33.0 Å². The number of sulfonamides is 1. The third-order valence-electron chi connectivity index (χ3n) is 2.83. The number of nitro benzene ring substituents is 1. The summed E-state index contributed by atoms with van der Waals surface area (Å²) in [5, 5.41) is 14.1. The Bertz CT molecular complexity index is 599. The summed E-state index contributed by atoms with van der Waals surface area (Å²) < 4.78 is 26.9. The highest BCUT2D eigenvalue weighted by Gasteiger charge is 2.29. The molecule has 1 aromatic carbocycles. The maximum atomic E-state index is 12.3. The van der Waals surface area contributed by atoms with Gasteiger partial charge in [-0.1, -0.05) is 19.1 Å². The molecule has 0 aliphatic rings. The van der Waals surface area contributed by atoms with Gasteiger partial charge in [-0.2, -0.15) is 0 Å². The summed E-state index contributed by atoms with van der Waals surface area (Å²) in [7, 11) is -3.90. The fraction of sp³-hybridized carbons (Fsp3) is 0.500. The van der Waals surface area contributed by atoms with Gasteiger partial charge in [-0.25, -0.2) is 13.1 Å². The van der Waals surface area contributed by atoms with Gasteiger partial charge in [0.15, 0.2) is 4.90 Å². The van der Waals surface area contributed by atoms with Gasteiger partial charge >= 0.3 is 0 Å². The molecule has 20 heavy (non-hydrogen) atoms. The summed E-state index contributed by atoms with van der Waals surface area (Å²) in [6.45, 7) is 6.35. The number of hydrogen-bond acceptors (Lipinski definition) is 5. The van der Waals surface area contributed by atoms with Crippen molar-refractivity contribution >= 4 is 15.7 Å². The van der Waals surface area contributed by atoms with Crippen LogP contribution in [0.2, 0.25) is 0 Å². The van der Waals surface area contributed by atoms with Crippen molar-refractivity contribution in [1.82, 2.24) is 10.0 Å². The first kappa shape index (κ1) is 16.5. The van der Waals surface area contributed by atoms with E-state index in [4.69, 9.17) is 0 Å². The minimum atomic E-state index is -3.90. The molecular weight excluding hydrogens is 282 g/mol. The average molecular weight is 301 g/mol. The molecule has 0 aromatic heterocycles. The van der Waals surface area contributed by atoms with Gasteiger partial charge in [0.1, 0.15) is 0 Å². The third kappa shape index (κ3) is 3.75. The number of rotatable bonds is 7. The number of hydrogen-bond donors (Lipinski definition) is 2. The molecule has 8 heteroatoms. The number of benzene rings is 1. The Hall–Kier alpha value is -1.51. The lowest BCUT2D eigenvalue weighted by atomic mass is 10.1. The topological polar surface area (TPSA) is 101 Å². The molecule has 0 fully saturated rings. The second kappa shape index (κ2) is 6.78. The van der Waals surface area contributed by atoms with Gasteiger partial charge < -0.3 is 5.32 Å². The lowest BCUT2D eigenvalue weighted by molar-refractivity contribution is -0.388. The monoisotopic (exact) mass is 301 g/mol. The summed E-state index contributed by atoms with van der Waals surface area (Å²) in [4.78, 5) is 10.2. The fourth-order valence-electron chi connectivity index (χ4n) is 1.86. The smallest absolute Gasteiger partial charge is 0.292 e. The van der Waals surface area contributed by atoms with Crippen molar-refractivity contribution in [2.45, 2.75) is 25.7 Å². The highest BCUT2D eigenvalue weighted by molar-refractivity contribution is 7.89. The Kier molecular flexibility index (Phi) is 5.61. The van der Waals surface area contributed by atoms with Crippen LogP contribution in [0.5, 0.6) is 0 Å². The van der Waals surface area contributed by atoms with E-state index in [0.717, 1.165) is 6.54 Å². The van der Waals surface area contributed by atoms with Gasteiger partial charge in [-0.05, 0) is 26.0 Å². The zero-order chi connectivity index (χ0) is 15.3. The van der Waals surface area contributed by atoms with E-state index in [2.05, 4.69) is 10.0 Å². The average Bonchev–Trinajstić information content (AvgIpc) is 2.36. The lowest BCUT2D eigenvalue weighted by Gasteiger charge is -2.11. The van der Waals surface area contributed by atoms with E-state index in [1.165, 1.54) is 6.92 Å². The zero-order valence-corrected chi connectivity index (χ0v) is 12.6. The van der Waals surface area contributed by atoms with E-state index < -0.39 is 14.9 Å². The SMILES string of the molecule is CCNCCNS(=O)(=O)c1c(C)ccc(C)c1[N+](=O)[O-]. The van der Waals surface area contributed by atoms with Crippen LogP contribution in [0.25, 0.3) is 0 Å². The van der Waals surface area contributed by atoms with E-state index in [1.807, 2.05) is 6.92 Å². The van der Waals surface area contributed by atoms with E-state index >= 15 is 0 Å². The van der Waals surface area contributed by atoms with Crippen molar-refractivity contribution in [2.75, 3.05) is 19.6 Å². The summed E-state index contributed by atoms with van der Waals surface area (Å²) in [5.41, 5.74) is 0.326. The molecule has 0 spiro atoms. The van der Waals surface area contributed by atoms with Crippen molar-refractivity contribution in [2.24, 2.45) is 0 Å². The molecule has 0 saturated heterocycles. The van der Waals surface area contributed by atoms with Crippen LogP contribution in [0.15, 0.2) is 17.0 Å². The van der Waals surface area contributed by atoms with Crippen molar-refractivity contribution in [3.63, 3.8) is 0 Å². The van der Waals surface area contributed by atoms with Crippen LogP contribution in [0.1, 0.15) is 18.1 Å². The first-order valence-electron chi connectivity index (χ1n) is 6.26. The molecule has 0 heterocycles. The highest BCUT2D eigenvalue weighted by Crippen LogP contribution is 2.30. The lowest BCUT2D eigenvalue weighted by Crippen LogP contribution is -2.32. The first-order chi connectivity index (χ1) is 9.31. The molecule has 0 amide bonds. The molecule has 0 radical (unpaired) electrons. The van der Waals surface area contributed by atoms with E-state index in [0.29, 0.717) is 17.7 Å². The van der Waals surface area contributed by atoms with Gasteiger partial charge in [0.2, 0.25) is 10.0 Å². The zero-order valence-electron chi connectivity index (χ0n) is 11.8. The molecule has 0 unspecified atom stereocenters. The summed E-state index contributed by atoms with van der Waals surface area (Å²) in [6, 6.07) is 3.12. The summed E-state index contributed by atoms with van der Waals surface area (Å²) >= 11 is 0. The Morgan fingerprint density at radius 2 is 1.80 bits per heavy atom. The highest BCUT2D eigenvalue weighted by atomic mass is 32.2. The van der Waals surface area contributed by atoms with Gasteiger partial charge in [0.05, 0.1) is 4.92 Å². The van der Waals surface area contributed by atoms with Crippen LogP contribution in [0.4, 0.5) is 5.69 Å². The Balaban J connectivity index is 3.17. The van der Waals surface area contributed by atoms with E-state index in [-0.39, 0.29) is 17.1 Å². The summed E-state index contributed by atoms with van der Waals surface area (Å²) in [6.07, 6.45) is 0. The number of nitro groups is 1. The van der Waals surface area contributed by atoms with Crippen LogP contribution in [0.3, 0.4) is 0 Å². The summed E-state index contributed by atoms with van der Waals surface area (Å²) in [5.74, 6) is 0. The second-order valence-corrected chi connectivity index (χ2v) is 6.09. The molecular formula is C12H19N3O4S. The predicted octanol–water partition coefficient (Wildman–Crippen LogP) is 1.10. The number of nitrogens with one attached hydrogen (secondary N) is 2. The van der Waals surface area contributed by atoms with Crippen LogP contribution < -0.4 is 10.0 Å². The molecule has 0 aliphatic carbocycles. The Morgan fingerprint density at radius 1 is 1.20 bits per heavy atom. The Morgan fingerprint density at radius 3 is 2.35 bits per heavy atom. The van der Waals surface area contributed by atoms with Crippen molar-refractivity contribution in [3.05, 3.63) is 33.4 Å². The molecule has 1 aromatic rings. The minimum Gasteiger partial charge on any atom is -0.316 e. The van der Waals surface area contributed by atoms with Crippen molar-refractivity contribution in [1.29, 1.82) is 0 Å². The molecule has 0 saturated carbocycles.